The monoisotopic (exact) mass is 173 g/mol. The fourth-order valence-corrected chi connectivity index (χ4v) is 1.92. The van der Waals surface area contributed by atoms with E-state index in [0.29, 0.717) is 19.5 Å². The van der Waals surface area contributed by atoms with Gasteiger partial charge < -0.3 is 10.1 Å². The quantitative estimate of drug-likeness (QED) is 0.678. The van der Waals surface area contributed by atoms with Crippen LogP contribution in [0.4, 0.5) is 4.39 Å². The van der Waals surface area contributed by atoms with Gasteiger partial charge in [0.1, 0.15) is 5.67 Å². The lowest BCUT2D eigenvalue weighted by Gasteiger charge is -2.38. The maximum absolute atomic E-state index is 13.5. The SMILES string of the molecule is FC1(C[C@@H]2CCCCO2)CNC1. The highest BCUT2D eigenvalue weighted by molar-refractivity contribution is 4.95. The van der Waals surface area contributed by atoms with Crippen LogP contribution >= 0.6 is 0 Å². The lowest BCUT2D eigenvalue weighted by molar-refractivity contribution is -0.0398. The number of nitrogens with one attached hydrogen (secondary N) is 1. The van der Waals surface area contributed by atoms with Crippen molar-refractivity contribution in [2.75, 3.05) is 19.7 Å². The van der Waals surface area contributed by atoms with Crippen LogP contribution in [0.2, 0.25) is 0 Å². The predicted octanol–water partition coefficient (Wildman–Crippen LogP) is 1.26. The predicted molar refractivity (Wildman–Crippen MR) is 44.9 cm³/mol. The van der Waals surface area contributed by atoms with Gasteiger partial charge in [0, 0.05) is 26.1 Å². The number of ether oxygens (including phenoxy) is 1. The van der Waals surface area contributed by atoms with Crippen LogP contribution in [0.25, 0.3) is 0 Å². The normalized spacial score (nSPS) is 34.2. The van der Waals surface area contributed by atoms with Gasteiger partial charge in [0.2, 0.25) is 0 Å². The molecule has 1 atom stereocenters. The van der Waals surface area contributed by atoms with E-state index in [1.807, 2.05) is 0 Å². The molecule has 12 heavy (non-hydrogen) atoms. The van der Waals surface area contributed by atoms with E-state index in [9.17, 15) is 4.39 Å². The Morgan fingerprint density at radius 3 is 2.75 bits per heavy atom. The summed E-state index contributed by atoms with van der Waals surface area (Å²) in [6, 6.07) is 0. The van der Waals surface area contributed by atoms with Crippen molar-refractivity contribution in [2.45, 2.75) is 37.5 Å². The first-order valence-electron chi connectivity index (χ1n) is 4.80. The van der Waals surface area contributed by atoms with Crippen molar-refractivity contribution >= 4 is 0 Å². The molecule has 0 bridgehead atoms. The molecule has 2 aliphatic heterocycles. The van der Waals surface area contributed by atoms with Crippen LogP contribution in [-0.4, -0.2) is 31.5 Å². The summed E-state index contributed by atoms with van der Waals surface area (Å²) in [6.07, 6.45) is 4.18. The lowest BCUT2D eigenvalue weighted by Crippen LogP contribution is -2.57. The summed E-state index contributed by atoms with van der Waals surface area (Å²) in [4.78, 5) is 0. The molecule has 0 aromatic carbocycles. The molecule has 3 heteroatoms. The van der Waals surface area contributed by atoms with Crippen LogP contribution < -0.4 is 5.32 Å². The summed E-state index contributed by atoms with van der Waals surface area (Å²) >= 11 is 0. The van der Waals surface area contributed by atoms with E-state index < -0.39 is 5.67 Å². The van der Waals surface area contributed by atoms with E-state index >= 15 is 0 Å². The molecule has 0 aromatic rings. The number of alkyl halides is 1. The molecule has 0 amide bonds. The van der Waals surface area contributed by atoms with E-state index in [1.165, 1.54) is 6.42 Å². The Kier molecular flexibility index (Phi) is 2.33. The fourth-order valence-electron chi connectivity index (χ4n) is 1.92. The second-order valence-corrected chi connectivity index (χ2v) is 3.95. The minimum atomic E-state index is -0.956. The first-order chi connectivity index (χ1) is 5.79. The molecule has 0 aliphatic carbocycles. The number of hydrogen-bond acceptors (Lipinski definition) is 2. The zero-order valence-corrected chi connectivity index (χ0v) is 7.31. The molecule has 0 radical (unpaired) electrons. The molecule has 0 spiro atoms. The highest BCUT2D eigenvalue weighted by Crippen LogP contribution is 2.27. The van der Waals surface area contributed by atoms with Gasteiger partial charge in [0.15, 0.2) is 0 Å². The van der Waals surface area contributed by atoms with Crippen LogP contribution in [0.5, 0.6) is 0 Å². The first-order valence-corrected chi connectivity index (χ1v) is 4.80. The summed E-state index contributed by atoms with van der Waals surface area (Å²) in [5, 5.41) is 2.96. The van der Waals surface area contributed by atoms with Gasteiger partial charge in [-0.25, -0.2) is 4.39 Å². The van der Waals surface area contributed by atoms with Crippen LogP contribution in [-0.2, 0) is 4.74 Å². The van der Waals surface area contributed by atoms with Crippen LogP contribution in [0.3, 0.4) is 0 Å². The van der Waals surface area contributed by atoms with Gasteiger partial charge in [-0.05, 0) is 19.3 Å². The minimum Gasteiger partial charge on any atom is -0.378 e. The van der Waals surface area contributed by atoms with Crippen molar-refractivity contribution < 1.29 is 9.13 Å². The van der Waals surface area contributed by atoms with Gasteiger partial charge in [-0.1, -0.05) is 0 Å². The Labute approximate surface area is 72.5 Å². The summed E-state index contributed by atoms with van der Waals surface area (Å²) in [6.45, 7) is 1.87. The largest absolute Gasteiger partial charge is 0.378 e. The van der Waals surface area contributed by atoms with Crippen LogP contribution in [0.1, 0.15) is 25.7 Å². The molecule has 0 saturated carbocycles. The van der Waals surface area contributed by atoms with Gasteiger partial charge in [-0.3, -0.25) is 0 Å². The molecule has 2 aliphatic rings. The van der Waals surface area contributed by atoms with Crippen molar-refractivity contribution in [3.8, 4) is 0 Å². The van der Waals surface area contributed by atoms with E-state index in [4.69, 9.17) is 4.74 Å². The summed E-state index contributed by atoms with van der Waals surface area (Å²) in [5.74, 6) is 0. The summed E-state index contributed by atoms with van der Waals surface area (Å²) < 4.78 is 19.0. The van der Waals surface area contributed by atoms with Gasteiger partial charge in [-0.15, -0.1) is 0 Å². The standard InChI is InChI=1S/C9H16FNO/c10-9(6-11-7-9)5-8-3-1-2-4-12-8/h8,11H,1-7H2/t8-/m0/s1. The zero-order valence-electron chi connectivity index (χ0n) is 7.31. The van der Waals surface area contributed by atoms with E-state index in [1.54, 1.807) is 0 Å². The topological polar surface area (TPSA) is 21.3 Å². The summed E-state index contributed by atoms with van der Waals surface area (Å²) in [7, 11) is 0. The third-order valence-electron chi connectivity index (χ3n) is 2.75. The first kappa shape index (κ1) is 8.45. The Balaban J connectivity index is 1.77. The Morgan fingerprint density at radius 2 is 2.25 bits per heavy atom. The molecule has 2 heterocycles. The Bertz CT molecular complexity index is 153. The lowest BCUT2D eigenvalue weighted by atomic mass is 9.89. The second-order valence-electron chi connectivity index (χ2n) is 3.95. The Hall–Kier alpha value is -0.150. The minimum absolute atomic E-state index is 0.186. The van der Waals surface area contributed by atoms with Crippen molar-refractivity contribution in [1.29, 1.82) is 0 Å². The van der Waals surface area contributed by atoms with Gasteiger partial charge in [-0.2, -0.15) is 0 Å². The maximum Gasteiger partial charge on any atom is 0.138 e. The van der Waals surface area contributed by atoms with Crippen molar-refractivity contribution in [3.63, 3.8) is 0 Å². The molecule has 2 fully saturated rings. The number of halogens is 1. The molecule has 0 unspecified atom stereocenters. The van der Waals surface area contributed by atoms with E-state index in [2.05, 4.69) is 5.32 Å². The van der Waals surface area contributed by atoms with Gasteiger partial charge in [0.25, 0.3) is 0 Å². The van der Waals surface area contributed by atoms with Gasteiger partial charge >= 0.3 is 0 Å². The average molecular weight is 173 g/mol. The van der Waals surface area contributed by atoms with E-state index in [0.717, 1.165) is 19.4 Å². The molecule has 70 valence electrons. The van der Waals surface area contributed by atoms with Crippen LogP contribution in [0.15, 0.2) is 0 Å². The molecule has 2 rings (SSSR count). The molecule has 2 saturated heterocycles. The molecular weight excluding hydrogens is 157 g/mol. The fraction of sp³-hybridized carbons (Fsp3) is 1.00. The smallest absolute Gasteiger partial charge is 0.138 e. The van der Waals surface area contributed by atoms with Crippen molar-refractivity contribution in [1.82, 2.24) is 5.32 Å². The highest BCUT2D eigenvalue weighted by Gasteiger charge is 2.39. The van der Waals surface area contributed by atoms with Crippen LogP contribution in [0, 0.1) is 0 Å². The molecule has 1 N–H and O–H groups in total. The van der Waals surface area contributed by atoms with Crippen molar-refractivity contribution in [3.05, 3.63) is 0 Å². The third kappa shape index (κ3) is 1.77. The maximum atomic E-state index is 13.5. The van der Waals surface area contributed by atoms with Gasteiger partial charge in [0.05, 0.1) is 6.10 Å². The average Bonchev–Trinajstić information content (AvgIpc) is 2.04. The molecule has 0 aromatic heterocycles. The molecular formula is C9H16FNO. The highest BCUT2D eigenvalue weighted by atomic mass is 19.1. The third-order valence-corrected chi connectivity index (χ3v) is 2.75. The second kappa shape index (κ2) is 3.30. The van der Waals surface area contributed by atoms with E-state index in [-0.39, 0.29) is 6.10 Å². The number of hydrogen-bond donors (Lipinski definition) is 1. The number of rotatable bonds is 2. The van der Waals surface area contributed by atoms with Crippen molar-refractivity contribution in [2.24, 2.45) is 0 Å². The Morgan fingerprint density at radius 1 is 1.42 bits per heavy atom. The zero-order chi connectivity index (χ0) is 8.44. The molecule has 2 nitrogen and oxygen atoms in total. The summed E-state index contributed by atoms with van der Waals surface area (Å²) in [5.41, 5.74) is -0.956.